The van der Waals surface area contributed by atoms with E-state index in [2.05, 4.69) is 43.4 Å². The summed E-state index contributed by atoms with van der Waals surface area (Å²) in [7, 11) is 0. The summed E-state index contributed by atoms with van der Waals surface area (Å²) in [5.41, 5.74) is 2.41. The lowest BCUT2D eigenvalue weighted by molar-refractivity contribution is -0.384. The molecule has 0 bridgehead atoms. The summed E-state index contributed by atoms with van der Waals surface area (Å²) in [4.78, 5) is 43.0. The van der Waals surface area contributed by atoms with Crippen molar-refractivity contribution in [1.29, 1.82) is 0 Å². The number of ether oxygens (including phenoxy) is 3. The van der Waals surface area contributed by atoms with E-state index in [1.54, 1.807) is 50.3 Å². The fourth-order valence-electron chi connectivity index (χ4n) is 4.86. The number of carbonyl (C=O) groups is 1. The maximum atomic E-state index is 14.1. The zero-order valence-electron chi connectivity index (χ0n) is 24.7. The van der Waals surface area contributed by atoms with Gasteiger partial charge in [-0.15, -0.1) is 0 Å². The summed E-state index contributed by atoms with van der Waals surface area (Å²) in [6.07, 6.45) is 3.36. The number of nitro benzene ring substituents is 1. The number of benzene rings is 3. The second-order valence-corrected chi connectivity index (χ2v) is 12.8. The number of allylic oxidation sites excluding steroid dienone is 1. The van der Waals surface area contributed by atoms with Crippen molar-refractivity contribution >= 4 is 60.9 Å². The van der Waals surface area contributed by atoms with E-state index < -0.39 is 16.9 Å². The molecule has 5 rings (SSSR count). The number of esters is 1. The van der Waals surface area contributed by atoms with Crippen molar-refractivity contribution in [2.24, 2.45) is 4.99 Å². The van der Waals surface area contributed by atoms with E-state index in [9.17, 15) is 19.7 Å². The summed E-state index contributed by atoms with van der Waals surface area (Å²) in [6.45, 7) is 7.77. The van der Waals surface area contributed by atoms with Gasteiger partial charge >= 0.3 is 5.97 Å². The minimum atomic E-state index is -0.780. The third kappa shape index (κ3) is 7.06. The average Bonchev–Trinajstić information content (AvgIpc) is 3.33. The molecule has 0 saturated carbocycles. The van der Waals surface area contributed by atoms with Gasteiger partial charge < -0.3 is 14.2 Å². The van der Waals surface area contributed by atoms with Crippen molar-refractivity contribution in [3.63, 3.8) is 0 Å². The van der Waals surface area contributed by atoms with Crippen LogP contribution >= 0.6 is 43.2 Å². The van der Waals surface area contributed by atoms with Crippen molar-refractivity contribution in [1.82, 2.24) is 4.57 Å². The Morgan fingerprint density at radius 1 is 1.13 bits per heavy atom. The van der Waals surface area contributed by atoms with Gasteiger partial charge in [0.25, 0.3) is 11.2 Å². The lowest BCUT2D eigenvalue weighted by atomic mass is 9.96. The molecule has 0 N–H and O–H groups in total. The maximum Gasteiger partial charge on any atom is 0.338 e. The molecule has 0 amide bonds. The third-order valence-corrected chi connectivity index (χ3v) is 8.96. The Balaban J connectivity index is 1.59. The first-order chi connectivity index (χ1) is 22.1. The zero-order chi connectivity index (χ0) is 33.0. The van der Waals surface area contributed by atoms with Crippen LogP contribution in [0.1, 0.15) is 36.6 Å². The minimum Gasteiger partial charge on any atom is -0.490 e. The van der Waals surface area contributed by atoms with Crippen LogP contribution in [0.25, 0.3) is 6.08 Å². The molecule has 0 saturated heterocycles. The number of fused-ring (bicyclic) bond motifs is 1. The van der Waals surface area contributed by atoms with E-state index in [1.807, 2.05) is 24.3 Å². The Labute approximate surface area is 284 Å². The lowest BCUT2D eigenvalue weighted by Gasteiger charge is -2.24. The summed E-state index contributed by atoms with van der Waals surface area (Å²) in [5, 5.41) is 11.0. The number of halogens is 2. The highest BCUT2D eigenvalue weighted by molar-refractivity contribution is 9.11. The van der Waals surface area contributed by atoms with Gasteiger partial charge in [0.05, 0.1) is 37.8 Å². The summed E-state index contributed by atoms with van der Waals surface area (Å²) in [6, 6.07) is 16.1. The maximum absolute atomic E-state index is 14.1. The van der Waals surface area contributed by atoms with Gasteiger partial charge in [-0.25, -0.2) is 9.79 Å². The van der Waals surface area contributed by atoms with Crippen molar-refractivity contribution in [3.05, 3.63) is 140 Å². The molecular formula is C33H27Br2N3O7S. The summed E-state index contributed by atoms with van der Waals surface area (Å²) < 4.78 is 20.5. The molecule has 236 valence electrons. The second kappa shape index (κ2) is 14.4. The van der Waals surface area contributed by atoms with E-state index in [-0.39, 0.29) is 30.0 Å². The number of nitro groups is 1. The monoisotopic (exact) mass is 767 g/mol. The number of aromatic nitrogens is 1. The van der Waals surface area contributed by atoms with Crippen LogP contribution < -0.4 is 24.4 Å². The van der Waals surface area contributed by atoms with Crippen LogP contribution in [0, 0.1) is 10.1 Å². The van der Waals surface area contributed by atoms with Crippen molar-refractivity contribution < 1.29 is 23.9 Å². The van der Waals surface area contributed by atoms with Crippen LogP contribution in [0.15, 0.2) is 103 Å². The van der Waals surface area contributed by atoms with Gasteiger partial charge in [-0.05, 0) is 83.4 Å². The van der Waals surface area contributed by atoms with E-state index in [1.165, 1.54) is 28.0 Å². The molecule has 1 aliphatic heterocycles. The first-order valence-corrected chi connectivity index (χ1v) is 16.4. The Morgan fingerprint density at radius 3 is 2.50 bits per heavy atom. The fourth-order valence-corrected chi connectivity index (χ4v) is 7.27. The highest BCUT2D eigenvalue weighted by Gasteiger charge is 2.33. The number of non-ortho nitro benzene ring substituents is 1. The standard InChI is InChI=1S/C33H27Br2N3O7S/c1-4-14-44-25-12-8-21(9-13-25)29-28(32(40)43-5-2)19(3)36-33-37(29)31(39)27(46-33)16-22-15-23(34)17-26(35)30(22)45-18-20-6-10-24(11-7-20)38(41)42/h4,6-13,15-17,29H,1,5,14,18H2,2-3H3/b27-16-/t29-/m0/s1. The first-order valence-electron chi connectivity index (χ1n) is 14.0. The van der Waals surface area contributed by atoms with E-state index >= 15 is 0 Å². The molecule has 1 aromatic heterocycles. The number of thiazole rings is 1. The van der Waals surface area contributed by atoms with Crippen LogP contribution in [0.3, 0.4) is 0 Å². The molecule has 46 heavy (non-hydrogen) atoms. The highest BCUT2D eigenvalue weighted by Crippen LogP contribution is 2.35. The normalized spacial score (nSPS) is 14.3. The third-order valence-electron chi connectivity index (χ3n) is 6.93. The quantitative estimate of drug-likeness (QED) is 0.0752. The molecule has 4 aromatic rings. The molecule has 0 aliphatic carbocycles. The summed E-state index contributed by atoms with van der Waals surface area (Å²) in [5.74, 6) is 0.547. The van der Waals surface area contributed by atoms with Gasteiger partial charge in [-0.3, -0.25) is 19.5 Å². The fraction of sp³-hybridized carbons (Fsp3) is 0.182. The Kier molecular flexibility index (Phi) is 10.3. The molecule has 0 radical (unpaired) electrons. The SMILES string of the molecule is C=CCOc1ccc([C@H]2C(C(=O)OCC)=C(C)N=c3s/c(=C\c4cc(Br)cc(Br)c4OCc4ccc([N+](=O)[O-])cc4)c(=O)n32)cc1. The number of hydrogen-bond acceptors (Lipinski definition) is 9. The number of hydrogen-bond donors (Lipinski definition) is 0. The van der Waals surface area contributed by atoms with Crippen LogP contribution in [0.2, 0.25) is 0 Å². The predicted molar refractivity (Wildman–Crippen MR) is 182 cm³/mol. The van der Waals surface area contributed by atoms with E-state index in [4.69, 9.17) is 14.2 Å². The zero-order valence-corrected chi connectivity index (χ0v) is 28.7. The van der Waals surface area contributed by atoms with Crippen LogP contribution in [-0.4, -0.2) is 28.7 Å². The predicted octanol–water partition coefficient (Wildman–Crippen LogP) is 6.38. The van der Waals surface area contributed by atoms with Gasteiger partial charge in [0.1, 0.15) is 24.7 Å². The smallest absolute Gasteiger partial charge is 0.338 e. The minimum absolute atomic E-state index is 0.0127. The van der Waals surface area contributed by atoms with Gasteiger partial charge in [0, 0.05) is 22.2 Å². The van der Waals surface area contributed by atoms with E-state index in [0.717, 1.165) is 10.0 Å². The van der Waals surface area contributed by atoms with Crippen LogP contribution in [0.5, 0.6) is 11.5 Å². The van der Waals surface area contributed by atoms with Crippen LogP contribution in [0.4, 0.5) is 5.69 Å². The molecule has 10 nitrogen and oxygen atoms in total. The number of carbonyl (C=O) groups excluding carboxylic acids is 1. The molecule has 0 spiro atoms. The Hall–Kier alpha value is -4.33. The highest BCUT2D eigenvalue weighted by atomic mass is 79.9. The van der Waals surface area contributed by atoms with Gasteiger partial charge in [0.15, 0.2) is 4.80 Å². The molecule has 1 atom stereocenters. The molecule has 1 aliphatic rings. The van der Waals surface area contributed by atoms with Crippen molar-refractivity contribution in [3.8, 4) is 11.5 Å². The van der Waals surface area contributed by atoms with Crippen LogP contribution in [-0.2, 0) is 16.1 Å². The topological polar surface area (TPSA) is 122 Å². The second-order valence-electron chi connectivity index (χ2n) is 9.99. The van der Waals surface area contributed by atoms with Gasteiger partial charge in [0.2, 0.25) is 0 Å². The van der Waals surface area contributed by atoms with Gasteiger partial charge in [-0.2, -0.15) is 0 Å². The average molecular weight is 769 g/mol. The number of nitrogens with zero attached hydrogens (tertiary/aromatic N) is 3. The molecule has 0 fully saturated rings. The first kappa shape index (κ1) is 33.0. The molecule has 2 heterocycles. The van der Waals surface area contributed by atoms with E-state index in [0.29, 0.717) is 48.7 Å². The molecule has 3 aromatic carbocycles. The summed E-state index contributed by atoms with van der Waals surface area (Å²) >= 11 is 8.28. The molecular weight excluding hydrogens is 742 g/mol. The molecule has 0 unspecified atom stereocenters. The molecule has 13 heteroatoms. The Bertz CT molecular complexity index is 2040. The lowest BCUT2D eigenvalue weighted by Crippen LogP contribution is -2.39. The van der Waals surface area contributed by atoms with Crippen molar-refractivity contribution in [2.45, 2.75) is 26.5 Å². The number of rotatable bonds is 11. The largest absolute Gasteiger partial charge is 0.490 e. The Morgan fingerprint density at radius 2 is 1.85 bits per heavy atom. The van der Waals surface area contributed by atoms with Crippen molar-refractivity contribution in [2.75, 3.05) is 13.2 Å². The van der Waals surface area contributed by atoms with Gasteiger partial charge in [-0.1, -0.05) is 52.1 Å².